The van der Waals surface area contributed by atoms with E-state index in [1.54, 1.807) is 0 Å². The molecule has 1 aliphatic heterocycles. The summed E-state index contributed by atoms with van der Waals surface area (Å²) in [7, 11) is 0. The third-order valence-corrected chi connectivity index (χ3v) is 4.81. The van der Waals surface area contributed by atoms with Crippen molar-refractivity contribution < 1.29 is 0 Å². The van der Waals surface area contributed by atoms with Crippen LogP contribution in [0.25, 0.3) is 10.9 Å². The fraction of sp³-hybridized carbons (Fsp3) is 0.368. The molecule has 0 atom stereocenters. The van der Waals surface area contributed by atoms with Gasteiger partial charge in [0.25, 0.3) is 0 Å². The lowest BCUT2D eigenvalue weighted by atomic mass is 10.0. The van der Waals surface area contributed by atoms with Crippen molar-refractivity contribution in [3.63, 3.8) is 0 Å². The van der Waals surface area contributed by atoms with Crippen molar-refractivity contribution in [2.75, 3.05) is 18.0 Å². The van der Waals surface area contributed by atoms with Crippen molar-refractivity contribution in [2.24, 2.45) is 0 Å². The number of pyridine rings is 1. The van der Waals surface area contributed by atoms with Gasteiger partial charge in [0, 0.05) is 42.3 Å². The summed E-state index contributed by atoms with van der Waals surface area (Å²) in [6.07, 6.45) is 7.20. The summed E-state index contributed by atoms with van der Waals surface area (Å²) >= 11 is 0. The molecule has 23 heavy (non-hydrogen) atoms. The van der Waals surface area contributed by atoms with Gasteiger partial charge in [-0.2, -0.15) is 5.10 Å². The molecule has 1 fully saturated rings. The number of para-hydroxylation sites is 1. The Morgan fingerprint density at radius 1 is 1.13 bits per heavy atom. The highest BCUT2D eigenvalue weighted by Gasteiger charge is 2.22. The van der Waals surface area contributed by atoms with Gasteiger partial charge in [0.2, 0.25) is 0 Å². The number of hydrogen-bond donors (Lipinski definition) is 0. The quantitative estimate of drug-likeness (QED) is 0.737. The lowest BCUT2D eigenvalue weighted by Crippen LogP contribution is -2.35. The average molecular weight is 306 g/mol. The van der Waals surface area contributed by atoms with E-state index in [0.717, 1.165) is 37.9 Å². The van der Waals surface area contributed by atoms with Gasteiger partial charge >= 0.3 is 0 Å². The molecule has 0 bridgehead atoms. The molecule has 3 aromatic rings. The zero-order valence-corrected chi connectivity index (χ0v) is 13.5. The van der Waals surface area contributed by atoms with Crippen LogP contribution < -0.4 is 4.90 Å². The first-order valence-corrected chi connectivity index (χ1v) is 8.48. The standard InChI is InChI=1S/C19H22N4/c1-2-15-14-19(17-6-3-4-7-18(17)21-15)22-12-8-16(9-13-22)23-11-5-10-20-23/h3-7,10-11,14,16H,2,8-9,12-13H2,1H3. The Balaban J connectivity index is 1.62. The Kier molecular flexibility index (Phi) is 3.74. The van der Waals surface area contributed by atoms with Crippen LogP contribution in [0.3, 0.4) is 0 Å². The minimum Gasteiger partial charge on any atom is -0.371 e. The van der Waals surface area contributed by atoms with Crippen molar-refractivity contribution >= 4 is 16.6 Å². The Labute approximate surface area is 136 Å². The van der Waals surface area contributed by atoms with Gasteiger partial charge in [-0.15, -0.1) is 0 Å². The molecule has 0 amide bonds. The maximum absolute atomic E-state index is 4.76. The van der Waals surface area contributed by atoms with Crippen molar-refractivity contribution in [2.45, 2.75) is 32.2 Å². The summed E-state index contributed by atoms with van der Waals surface area (Å²) in [6, 6.07) is 13.3. The topological polar surface area (TPSA) is 34.0 Å². The maximum atomic E-state index is 4.76. The molecule has 118 valence electrons. The monoisotopic (exact) mass is 306 g/mol. The van der Waals surface area contributed by atoms with Gasteiger partial charge in [-0.05, 0) is 37.5 Å². The van der Waals surface area contributed by atoms with Gasteiger partial charge in [-0.1, -0.05) is 25.1 Å². The van der Waals surface area contributed by atoms with Crippen LogP contribution in [0.4, 0.5) is 5.69 Å². The third-order valence-electron chi connectivity index (χ3n) is 4.81. The molecular weight excluding hydrogens is 284 g/mol. The summed E-state index contributed by atoms with van der Waals surface area (Å²) in [6.45, 7) is 4.31. The van der Waals surface area contributed by atoms with E-state index in [1.165, 1.54) is 16.8 Å². The van der Waals surface area contributed by atoms with E-state index in [4.69, 9.17) is 4.98 Å². The number of aromatic nitrogens is 3. The molecule has 0 spiro atoms. The zero-order valence-electron chi connectivity index (χ0n) is 13.5. The molecule has 1 aromatic carbocycles. The SMILES string of the molecule is CCc1cc(N2CCC(n3cccn3)CC2)c2ccccc2n1. The van der Waals surface area contributed by atoms with Crippen LogP contribution in [-0.4, -0.2) is 27.9 Å². The summed E-state index contributed by atoms with van der Waals surface area (Å²) < 4.78 is 2.11. The average Bonchev–Trinajstić information content (AvgIpc) is 3.15. The molecule has 4 nitrogen and oxygen atoms in total. The van der Waals surface area contributed by atoms with Gasteiger partial charge in [0.05, 0.1) is 11.6 Å². The largest absolute Gasteiger partial charge is 0.371 e. The molecule has 3 heterocycles. The molecule has 0 radical (unpaired) electrons. The van der Waals surface area contributed by atoms with Crippen LogP contribution in [0.5, 0.6) is 0 Å². The van der Waals surface area contributed by atoms with E-state index in [0.29, 0.717) is 6.04 Å². The second-order valence-corrected chi connectivity index (χ2v) is 6.21. The van der Waals surface area contributed by atoms with Crippen LogP contribution in [0.15, 0.2) is 48.8 Å². The second kappa shape index (κ2) is 6.03. The molecule has 1 aliphatic rings. The summed E-state index contributed by atoms with van der Waals surface area (Å²) in [5, 5.41) is 5.67. The number of aryl methyl sites for hydroxylation is 1. The van der Waals surface area contributed by atoms with Crippen LogP contribution in [-0.2, 0) is 6.42 Å². The third kappa shape index (κ3) is 2.69. The van der Waals surface area contributed by atoms with Gasteiger partial charge in [0.15, 0.2) is 0 Å². The highest BCUT2D eigenvalue weighted by molar-refractivity contribution is 5.92. The van der Waals surface area contributed by atoms with Crippen LogP contribution in [0.1, 0.15) is 31.5 Å². The van der Waals surface area contributed by atoms with Gasteiger partial charge in [-0.3, -0.25) is 9.67 Å². The number of hydrogen-bond acceptors (Lipinski definition) is 3. The van der Waals surface area contributed by atoms with Crippen molar-refractivity contribution in [1.29, 1.82) is 0 Å². The van der Waals surface area contributed by atoms with Crippen LogP contribution in [0, 0.1) is 0 Å². The van der Waals surface area contributed by atoms with E-state index in [2.05, 4.69) is 58.1 Å². The van der Waals surface area contributed by atoms with Crippen molar-refractivity contribution in [3.8, 4) is 0 Å². The first-order valence-electron chi connectivity index (χ1n) is 8.48. The lowest BCUT2D eigenvalue weighted by molar-refractivity contribution is 0.367. The summed E-state index contributed by atoms with van der Waals surface area (Å²) in [5.74, 6) is 0. The number of rotatable bonds is 3. The second-order valence-electron chi connectivity index (χ2n) is 6.21. The fourth-order valence-corrected chi connectivity index (χ4v) is 3.52. The fourth-order valence-electron chi connectivity index (χ4n) is 3.52. The lowest BCUT2D eigenvalue weighted by Gasteiger charge is -2.34. The Bertz CT molecular complexity index is 786. The molecule has 0 aliphatic carbocycles. The molecule has 2 aromatic heterocycles. The molecule has 0 saturated carbocycles. The smallest absolute Gasteiger partial charge is 0.0726 e. The van der Waals surface area contributed by atoms with E-state index in [1.807, 2.05) is 12.3 Å². The number of anilines is 1. The van der Waals surface area contributed by atoms with Gasteiger partial charge in [0.1, 0.15) is 0 Å². The molecule has 4 heteroatoms. The van der Waals surface area contributed by atoms with Gasteiger partial charge < -0.3 is 4.90 Å². The van der Waals surface area contributed by atoms with Crippen molar-refractivity contribution in [1.82, 2.24) is 14.8 Å². The van der Waals surface area contributed by atoms with Crippen molar-refractivity contribution in [3.05, 3.63) is 54.5 Å². The van der Waals surface area contributed by atoms with E-state index >= 15 is 0 Å². The highest BCUT2D eigenvalue weighted by Crippen LogP contribution is 2.31. The van der Waals surface area contributed by atoms with E-state index < -0.39 is 0 Å². The molecular formula is C19H22N4. The Morgan fingerprint density at radius 2 is 1.96 bits per heavy atom. The molecule has 0 N–H and O–H groups in total. The normalized spacial score (nSPS) is 16.1. The minimum absolute atomic E-state index is 0.528. The molecule has 4 rings (SSSR count). The number of nitrogens with zero attached hydrogens (tertiary/aromatic N) is 4. The van der Waals surface area contributed by atoms with E-state index in [9.17, 15) is 0 Å². The Morgan fingerprint density at radius 3 is 2.70 bits per heavy atom. The number of piperidine rings is 1. The first kappa shape index (κ1) is 14.2. The Hall–Kier alpha value is -2.36. The summed E-state index contributed by atoms with van der Waals surface area (Å²) in [4.78, 5) is 7.28. The number of fused-ring (bicyclic) bond motifs is 1. The summed E-state index contributed by atoms with van der Waals surface area (Å²) in [5.41, 5.74) is 3.62. The minimum atomic E-state index is 0.528. The number of benzene rings is 1. The van der Waals surface area contributed by atoms with Crippen LogP contribution >= 0.6 is 0 Å². The predicted molar refractivity (Wildman–Crippen MR) is 93.8 cm³/mol. The predicted octanol–water partition coefficient (Wildman–Crippen LogP) is 3.84. The van der Waals surface area contributed by atoms with Crippen LogP contribution in [0.2, 0.25) is 0 Å². The maximum Gasteiger partial charge on any atom is 0.0726 e. The van der Waals surface area contributed by atoms with E-state index in [-0.39, 0.29) is 0 Å². The van der Waals surface area contributed by atoms with Gasteiger partial charge in [-0.25, -0.2) is 0 Å². The molecule has 1 saturated heterocycles. The molecule has 0 unspecified atom stereocenters. The zero-order chi connectivity index (χ0) is 15.6. The first-order chi connectivity index (χ1) is 11.3. The highest BCUT2D eigenvalue weighted by atomic mass is 15.3.